The lowest BCUT2D eigenvalue weighted by Crippen LogP contribution is -2.25. The number of nitrogens with zero attached hydrogens (tertiary/aromatic N) is 2. The molecule has 3 rings (SSSR count). The van der Waals surface area contributed by atoms with Gasteiger partial charge in [0.1, 0.15) is 6.61 Å². The van der Waals surface area contributed by atoms with Gasteiger partial charge in [-0.05, 0) is 19.1 Å². The Kier molecular flexibility index (Phi) is 4.62. The summed E-state index contributed by atoms with van der Waals surface area (Å²) in [4.78, 5) is 24.8. The van der Waals surface area contributed by atoms with Crippen LogP contribution in [0.3, 0.4) is 0 Å². The molecule has 6 heteroatoms. The Hall–Kier alpha value is -2.66. The van der Waals surface area contributed by atoms with Crippen LogP contribution in [-0.2, 0) is 17.9 Å². The van der Waals surface area contributed by atoms with Crippen molar-refractivity contribution in [1.82, 2.24) is 9.78 Å². The molecule has 1 aromatic heterocycles. The molecule has 0 amide bonds. The molecule has 0 aliphatic carbocycles. The average molecular weight is 343 g/mol. The highest BCUT2D eigenvalue weighted by Gasteiger charge is 2.17. The highest BCUT2D eigenvalue weighted by Crippen LogP contribution is 2.18. The van der Waals surface area contributed by atoms with Crippen molar-refractivity contribution < 1.29 is 9.53 Å². The summed E-state index contributed by atoms with van der Waals surface area (Å²) in [6, 6.07) is 14.0. The minimum Gasteiger partial charge on any atom is -0.456 e. The predicted molar refractivity (Wildman–Crippen MR) is 92.2 cm³/mol. The molecule has 0 atom stereocenters. The van der Waals surface area contributed by atoms with Gasteiger partial charge in [-0.2, -0.15) is 5.10 Å². The Morgan fingerprint density at radius 3 is 2.50 bits per heavy atom. The normalized spacial score (nSPS) is 10.8. The van der Waals surface area contributed by atoms with E-state index in [1.54, 1.807) is 49.4 Å². The summed E-state index contributed by atoms with van der Waals surface area (Å²) in [6.07, 6.45) is 0. The molecule has 2 aromatic carbocycles. The third-order valence-corrected chi connectivity index (χ3v) is 4.05. The number of ether oxygens (including phenoxy) is 1. The number of hydrogen-bond donors (Lipinski definition) is 0. The molecular weight excluding hydrogens is 328 g/mol. The van der Waals surface area contributed by atoms with Gasteiger partial charge in [0.15, 0.2) is 5.69 Å². The molecule has 0 radical (unpaired) electrons. The third kappa shape index (κ3) is 3.03. The maximum atomic E-state index is 12.5. The first kappa shape index (κ1) is 16.2. The van der Waals surface area contributed by atoms with E-state index in [1.165, 1.54) is 4.68 Å². The number of rotatable bonds is 4. The zero-order chi connectivity index (χ0) is 17.1. The molecule has 0 unspecified atom stereocenters. The molecule has 5 nitrogen and oxygen atoms in total. The number of aromatic nitrogens is 2. The second-order valence-corrected chi connectivity index (χ2v) is 5.59. The summed E-state index contributed by atoms with van der Waals surface area (Å²) in [7, 11) is 0. The van der Waals surface area contributed by atoms with Crippen LogP contribution in [-0.4, -0.2) is 15.7 Å². The second-order valence-electron chi connectivity index (χ2n) is 5.18. The van der Waals surface area contributed by atoms with Crippen molar-refractivity contribution in [3.63, 3.8) is 0 Å². The quantitative estimate of drug-likeness (QED) is 0.681. The van der Waals surface area contributed by atoms with E-state index in [4.69, 9.17) is 16.3 Å². The van der Waals surface area contributed by atoms with Crippen LogP contribution in [0.1, 0.15) is 23.0 Å². The van der Waals surface area contributed by atoms with Crippen LogP contribution in [0.5, 0.6) is 0 Å². The molecule has 24 heavy (non-hydrogen) atoms. The van der Waals surface area contributed by atoms with Gasteiger partial charge in [-0.3, -0.25) is 4.79 Å². The lowest BCUT2D eigenvalue weighted by atomic mass is 10.1. The minimum atomic E-state index is -0.590. The molecule has 3 aromatic rings. The maximum Gasteiger partial charge on any atom is 0.359 e. The average Bonchev–Trinajstić information content (AvgIpc) is 2.61. The number of benzene rings is 2. The van der Waals surface area contributed by atoms with Gasteiger partial charge in [0, 0.05) is 22.5 Å². The molecule has 0 bridgehead atoms. The molecule has 0 N–H and O–H groups in total. The first-order valence-electron chi connectivity index (χ1n) is 7.52. The van der Waals surface area contributed by atoms with Crippen LogP contribution in [0.15, 0.2) is 53.3 Å². The van der Waals surface area contributed by atoms with E-state index < -0.39 is 5.97 Å². The van der Waals surface area contributed by atoms with Crippen molar-refractivity contribution in [3.8, 4) is 0 Å². The number of hydrogen-bond acceptors (Lipinski definition) is 4. The van der Waals surface area contributed by atoms with E-state index >= 15 is 0 Å². The van der Waals surface area contributed by atoms with Gasteiger partial charge in [0.2, 0.25) is 0 Å². The van der Waals surface area contributed by atoms with Crippen LogP contribution in [0.4, 0.5) is 0 Å². The number of esters is 1. The minimum absolute atomic E-state index is 0.0414. The molecule has 0 saturated carbocycles. The molecular formula is C18H15ClN2O3. The van der Waals surface area contributed by atoms with Gasteiger partial charge in [-0.25, -0.2) is 9.48 Å². The molecule has 0 fully saturated rings. The van der Waals surface area contributed by atoms with E-state index in [0.29, 0.717) is 27.9 Å². The van der Waals surface area contributed by atoms with E-state index in [1.807, 2.05) is 6.07 Å². The zero-order valence-corrected chi connectivity index (χ0v) is 13.8. The standard InChI is InChI=1S/C18H15ClN2O3/c1-2-21-17(22)14-9-5-4-8-13(14)16(20-21)18(23)24-11-12-7-3-6-10-15(12)19/h3-10H,2,11H2,1H3. The Bertz CT molecular complexity index is 966. The van der Waals surface area contributed by atoms with Crippen molar-refractivity contribution in [1.29, 1.82) is 0 Å². The summed E-state index contributed by atoms with van der Waals surface area (Å²) in [5, 5.41) is 5.61. The third-order valence-electron chi connectivity index (χ3n) is 3.68. The SMILES string of the molecule is CCn1nc(C(=O)OCc2ccccc2Cl)c2ccccc2c1=O. The van der Waals surface area contributed by atoms with Crippen molar-refractivity contribution >= 4 is 28.3 Å². The monoisotopic (exact) mass is 342 g/mol. The molecule has 0 spiro atoms. The highest BCUT2D eigenvalue weighted by atomic mass is 35.5. The fraction of sp³-hybridized carbons (Fsp3) is 0.167. The van der Waals surface area contributed by atoms with Crippen molar-refractivity contribution in [2.24, 2.45) is 0 Å². The molecule has 122 valence electrons. The van der Waals surface area contributed by atoms with Crippen molar-refractivity contribution in [2.45, 2.75) is 20.1 Å². The van der Waals surface area contributed by atoms with Crippen LogP contribution in [0, 0.1) is 0 Å². The number of fused-ring (bicyclic) bond motifs is 1. The molecule has 0 aliphatic rings. The topological polar surface area (TPSA) is 61.2 Å². The van der Waals surface area contributed by atoms with Crippen LogP contribution in [0.25, 0.3) is 10.8 Å². The smallest absolute Gasteiger partial charge is 0.359 e. The fourth-order valence-corrected chi connectivity index (χ4v) is 2.62. The van der Waals surface area contributed by atoms with Crippen LogP contribution in [0.2, 0.25) is 5.02 Å². The fourth-order valence-electron chi connectivity index (χ4n) is 2.43. The maximum absolute atomic E-state index is 12.5. The Labute approximate surface area is 143 Å². The van der Waals surface area contributed by atoms with Crippen LogP contribution < -0.4 is 5.56 Å². The van der Waals surface area contributed by atoms with E-state index in [2.05, 4.69) is 5.10 Å². The summed E-state index contributed by atoms with van der Waals surface area (Å²) in [5.41, 5.74) is 0.607. The Morgan fingerprint density at radius 1 is 1.12 bits per heavy atom. The van der Waals surface area contributed by atoms with Crippen molar-refractivity contribution in [2.75, 3.05) is 0 Å². The number of carbonyl (C=O) groups is 1. The summed E-state index contributed by atoms with van der Waals surface area (Å²) >= 11 is 6.06. The molecule has 0 saturated heterocycles. The van der Waals surface area contributed by atoms with Gasteiger partial charge >= 0.3 is 5.97 Å². The number of carbonyl (C=O) groups excluding carboxylic acids is 1. The highest BCUT2D eigenvalue weighted by molar-refractivity contribution is 6.31. The largest absolute Gasteiger partial charge is 0.456 e. The van der Waals surface area contributed by atoms with E-state index in [-0.39, 0.29) is 17.9 Å². The summed E-state index contributed by atoms with van der Waals surface area (Å²) in [5.74, 6) is -0.590. The zero-order valence-electron chi connectivity index (χ0n) is 13.0. The first-order chi connectivity index (χ1) is 11.6. The van der Waals surface area contributed by atoms with E-state index in [0.717, 1.165) is 0 Å². The van der Waals surface area contributed by atoms with Gasteiger partial charge in [-0.15, -0.1) is 0 Å². The predicted octanol–water partition coefficient (Wildman–Crippen LogP) is 3.43. The van der Waals surface area contributed by atoms with E-state index in [9.17, 15) is 9.59 Å². The van der Waals surface area contributed by atoms with Gasteiger partial charge < -0.3 is 4.74 Å². The van der Waals surface area contributed by atoms with Gasteiger partial charge in [0.25, 0.3) is 5.56 Å². The molecule has 1 heterocycles. The molecule has 0 aliphatic heterocycles. The Morgan fingerprint density at radius 2 is 1.79 bits per heavy atom. The second kappa shape index (κ2) is 6.84. The van der Waals surface area contributed by atoms with Gasteiger partial charge in [-0.1, -0.05) is 48.0 Å². The van der Waals surface area contributed by atoms with Gasteiger partial charge in [0.05, 0.1) is 5.39 Å². The summed E-state index contributed by atoms with van der Waals surface area (Å²) < 4.78 is 6.60. The first-order valence-corrected chi connectivity index (χ1v) is 7.90. The Balaban J connectivity index is 1.96. The number of halogens is 1. The lowest BCUT2D eigenvalue weighted by Gasteiger charge is -2.10. The van der Waals surface area contributed by atoms with Crippen molar-refractivity contribution in [3.05, 3.63) is 75.2 Å². The lowest BCUT2D eigenvalue weighted by molar-refractivity contribution is 0.0465. The van der Waals surface area contributed by atoms with Crippen LogP contribution >= 0.6 is 11.6 Å². The summed E-state index contributed by atoms with van der Waals surface area (Å²) in [6.45, 7) is 2.20. The number of aryl methyl sites for hydroxylation is 1.